The van der Waals surface area contributed by atoms with E-state index in [0.29, 0.717) is 5.92 Å². The van der Waals surface area contributed by atoms with Gasteiger partial charge in [-0.2, -0.15) is 0 Å². The minimum absolute atomic E-state index is 0.0427. The number of rotatable bonds is 3. The maximum absolute atomic E-state index is 12.9. The molecule has 4 aliphatic rings. The number of nitrogens with one attached hydrogen (secondary N) is 1. The number of likely N-dealkylation sites (tertiary alicyclic amines) is 1. The molecule has 1 N–H and O–H groups in total. The lowest BCUT2D eigenvalue weighted by Gasteiger charge is -2.31. The Morgan fingerprint density at radius 1 is 0.909 bits per heavy atom. The van der Waals surface area contributed by atoms with Crippen LogP contribution in [0.15, 0.2) is 54.1 Å². The summed E-state index contributed by atoms with van der Waals surface area (Å²) >= 11 is 0. The normalized spacial score (nSPS) is 26.5. The monoisotopic (exact) mass is 440 g/mol. The molecule has 2 saturated carbocycles. The molecule has 1 saturated heterocycles. The van der Waals surface area contributed by atoms with E-state index in [0.717, 1.165) is 45.2 Å². The van der Waals surface area contributed by atoms with E-state index in [4.69, 9.17) is 0 Å². The van der Waals surface area contributed by atoms with Crippen molar-refractivity contribution in [3.8, 4) is 0 Å². The Hall–Kier alpha value is -2.88. The molecule has 2 aromatic carbocycles. The van der Waals surface area contributed by atoms with Crippen molar-refractivity contribution in [1.29, 1.82) is 0 Å². The first-order chi connectivity index (χ1) is 15.9. The van der Waals surface area contributed by atoms with Crippen LogP contribution in [0.2, 0.25) is 0 Å². The van der Waals surface area contributed by atoms with Crippen molar-refractivity contribution in [1.82, 2.24) is 10.2 Å². The maximum Gasteiger partial charge on any atom is 0.241 e. The van der Waals surface area contributed by atoms with E-state index in [1.807, 2.05) is 4.90 Å². The number of benzene rings is 2. The average molecular weight is 441 g/mol. The van der Waals surface area contributed by atoms with Crippen LogP contribution in [-0.2, 0) is 22.4 Å². The van der Waals surface area contributed by atoms with Crippen molar-refractivity contribution < 1.29 is 9.59 Å². The van der Waals surface area contributed by atoms with Gasteiger partial charge in [-0.15, -0.1) is 0 Å². The molecule has 2 aromatic rings. The Kier molecular flexibility index (Phi) is 4.59. The van der Waals surface area contributed by atoms with Crippen molar-refractivity contribution >= 4 is 17.4 Å². The first-order valence-electron chi connectivity index (χ1n) is 12.4. The molecule has 2 atom stereocenters. The van der Waals surface area contributed by atoms with Gasteiger partial charge in [-0.1, -0.05) is 68.0 Å². The number of fused-ring (bicyclic) bond motifs is 3. The minimum atomic E-state index is -0.174. The summed E-state index contributed by atoms with van der Waals surface area (Å²) < 4.78 is 0. The van der Waals surface area contributed by atoms with E-state index in [2.05, 4.69) is 67.7 Å². The van der Waals surface area contributed by atoms with E-state index in [9.17, 15) is 9.59 Å². The molecule has 2 amide bonds. The third-order valence-electron chi connectivity index (χ3n) is 9.01. The molecule has 1 heterocycles. The molecule has 0 radical (unpaired) electrons. The van der Waals surface area contributed by atoms with Gasteiger partial charge in [0.1, 0.15) is 0 Å². The summed E-state index contributed by atoms with van der Waals surface area (Å²) in [5.41, 5.74) is 8.32. The second-order valence-electron chi connectivity index (χ2n) is 10.8. The van der Waals surface area contributed by atoms with Crippen LogP contribution >= 0.6 is 0 Å². The number of carbonyl (C=O) groups is 2. The highest BCUT2D eigenvalue weighted by Crippen LogP contribution is 2.87. The molecule has 4 nitrogen and oxygen atoms in total. The highest BCUT2D eigenvalue weighted by molar-refractivity contribution is 5.94. The molecular formula is C29H32N2O2. The number of aryl methyl sites for hydroxylation is 2. The molecule has 3 aliphatic carbocycles. The summed E-state index contributed by atoms with van der Waals surface area (Å²) in [6.07, 6.45) is 4.89. The Morgan fingerprint density at radius 3 is 1.97 bits per heavy atom. The van der Waals surface area contributed by atoms with Gasteiger partial charge in [0, 0.05) is 13.1 Å². The zero-order chi connectivity index (χ0) is 22.8. The summed E-state index contributed by atoms with van der Waals surface area (Å²) in [4.78, 5) is 27.4. The van der Waals surface area contributed by atoms with Gasteiger partial charge in [-0.3, -0.25) is 9.59 Å². The third-order valence-corrected chi connectivity index (χ3v) is 9.01. The second kappa shape index (κ2) is 7.31. The largest absolute Gasteiger partial charge is 0.347 e. The molecule has 0 spiro atoms. The van der Waals surface area contributed by atoms with Crippen molar-refractivity contribution in [2.45, 2.75) is 46.0 Å². The number of hydrogen-bond donors (Lipinski definition) is 1. The number of carbonyl (C=O) groups excluding carboxylic acids is 2. The molecule has 0 bridgehead atoms. The molecule has 1 unspecified atom stereocenters. The van der Waals surface area contributed by atoms with Crippen LogP contribution in [0.4, 0.5) is 0 Å². The van der Waals surface area contributed by atoms with Gasteiger partial charge in [0.25, 0.3) is 0 Å². The molecule has 1 aliphatic heterocycles. The molecule has 6 rings (SSSR count). The highest BCUT2D eigenvalue weighted by Gasteiger charge is 2.87. The van der Waals surface area contributed by atoms with Crippen LogP contribution in [-0.4, -0.2) is 36.3 Å². The Morgan fingerprint density at radius 2 is 1.45 bits per heavy atom. The fourth-order valence-electron chi connectivity index (χ4n) is 6.62. The van der Waals surface area contributed by atoms with Gasteiger partial charge in [0.2, 0.25) is 11.8 Å². The molecular weight excluding hydrogens is 408 g/mol. The van der Waals surface area contributed by atoms with Gasteiger partial charge >= 0.3 is 0 Å². The van der Waals surface area contributed by atoms with Gasteiger partial charge in [0.05, 0.1) is 12.0 Å². The highest BCUT2D eigenvalue weighted by atomic mass is 16.2. The third kappa shape index (κ3) is 3.10. The van der Waals surface area contributed by atoms with Crippen LogP contribution in [0.3, 0.4) is 0 Å². The summed E-state index contributed by atoms with van der Waals surface area (Å²) in [7, 11) is 0. The first kappa shape index (κ1) is 20.7. The number of piperidine rings is 1. The fourth-order valence-corrected chi connectivity index (χ4v) is 6.62. The number of hydrogen-bond acceptors (Lipinski definition) is 2. The van der Waals surface area contributed by atoms with Crippen LogP contribution in [0.1, 0.15) is 55.4 Å². The van der Waals surface area contributed by atoms with E-state index in [-0.39, 0.29) is 29.2 Å². The van der Waals surface area contributed by atoms with E-state index < -0.39 is 0 Å². The lowest BCUT2D eigenvalue weighted by atomic mass is 9.86. The minimum Gasteiger partial charge on any atom is -0.347 e. The maximum atomic E-state index is 12.9. The molecule has 4 heteroatoms. The van der Waals surface area contributed by atoms with E-state index >= 15 is 0 Å². The fraction of sp³-hybridized carbons (Fsp3) is 0.448. The molecule has 170 valence electrons. The zero-order valence-corrected chi connectivity index (χ0v) is 19.6. The van der Waals surface area contributed by atoms with Crippen LogP contribution in [0, 0.1) is 16.7 Å². The first-order valence-corrected chi connectivity index (χ1v) is 12.4. The molecule has 0 aromatic heterocycles. The molecule has 3 fully saturated rings. The number of amides is 2. The topological polar surface area (TPSA) is 49.4 Å². The van der Waals surface area contributed by atoms with E-state index in [1.54, 1.807) is 0 Å². The van der Waals surface area contributed by atoms with Gasteiger partial charge in [0.15, 0.2) is 0 Å². The number of nitrogens with zero attached hydrogens (tertiary/aromatic N) is 1. The summed E-state index contributed by atoms with van der Waals surface area (Å²) in [5.74, 6) is 0.646. The summed E-state index contributed by atoms with van der Waals surface area (Å²) in [6.45, 7) is 5.88. The lowest BCUT2D eigenvalue weighted by molar-refractivity contribution is -0.134. The van der Waals surface area contributed by atoms with Crippen LogP contribution in [0.25, 0.3) is 5.57 Å². The summed E-state index contributed by atoms with van der Waals surface area (Å²) in [6, 6.07) is 17.6. The van der Waals surface area contributed by atoms with Crippen molar-refractivity contribution in [2.75, 3.05) is 19.6 Å². The predicted molar refractivity (Wildman–Crippen MR) is 129 cm³/mol. The standard InChI is InChI=1S/C29H32N2O2/c1-28(2)24-17-29(24,28)27(33)30-18-25(32)31-15-13-21(14-16-31)26-22-9-5-3-7-19(22)11-12-20-8-4-6-10-23(20)26/h3-10,24H,11-18H2,1-2H3,(H,30,33)/t24?,29-/m1/s1. The predicted octanol–water partition coefficient (Wildman–Crippen LogP) is 4.37. The SMILES string of the molecule is CC1(C)C2C[C@]21C(=O)NCC(=O)N1CCC(=C2c3ccccc3CCc3ccccc32)CC1. The van der Waals surface area contributed by atoms with Gasteiger partial charge in [-0.25, -0.2) is 0 Å². The van der Waals surface area contributed by atoms with Gasteiger partial charge in [-0.05, 0) is 71.3 Å². The Balaban J connectivity index is 1.18. The van der Waals surface area contributed by atoms with Crippen molar-refractivity contribution in [3.05, 3.63) is 76.4 Å². The molecule has 33 heavy (non-hydrogen) atoms. The second-order valence-corrected chi connectivity index (χ2v) is 10.8. The quantitative estimate of drug-likeness (QED) is 0.770. The Bertz CT molecular complexity index is 1130. The summed E-state index contributed by atoms with van der Waals surface area (Å²) in [5, 5.41) is 2.95. The zero-order valence-electron chi connectivity index (χ0n) is 19.6. The smallest absolute Gasteiger partial charge is 0.241 e. The lowest BCUT2D eigenvalue weighted by Crippen LogP contribution is -2.44. The van der Waals surface area contributed by atoms with Crippen molar-refractivity contribution in [3.63, 3.8) is 0 Å². The van der Waals surface area contributed by atoms with Crippen LogP contribution < -0.4 is 5.32 Å². The Labute approximate surface area is 196 Å². The van der Waals surface area contributed by atoms with Crippen molar-refractivity contribution in [2.24, 2.45) is 16.7 Å². The average Bonchev–Trinajstić information content (AvgIpc) is 3.72. The van der Waals surface area contributed by atoms with E-state index in [1.165, 1.54) is 33.4 Å². The van der Waals surface area contributed by atoms with Gasteiger partial charge < -0.3 is 10.2 Å². The van der Waals surface area contributed by atoms with Crippen LogP contribution in [0.5, 0.6) is 0 Å².